The van der Waals surface area contributed by atoms with Crippen molar-refractivity contribution in [2.24, 2.45) is 5.73 Å². The summed E-state index contributed by atoms with van der Waals surface area (Å²) in [5, 5.41) is 0. The van der Waals surface area contributed by atoms with Gasteiger partial charge in [0, 0.05) is 29.1 Å². The highest BCUT2D eigenvalue weighted by Crippen LogP contribution is 2.36. The summed E-state index contributed by atoms with van der Waals surface area (Å²) in [5.74, 6) is 0. The van der Waals surface area contributed by atoms with Gasteiger partial charge in [-0.15, -0.1) is 0 Å². The largest absolute Gasteiger partial charge is 0.328 e. The first kappa shape index (κ1) is 12.6. The molecule has 1 aromatic rings. The number of rotatable bonds is 2. The molecule has 98 valence electrons. The van der Waals surface area contributed by atoms with E-state index >= 15 is 0 Å². The van der Waals surface area contributed by atoms with Crippen LogP contribution in [0.1, 0.15) is 36.8 Å². The van der Waals surface area contributed by atoms with Crippen LogP contribution in [0.3, 0.4) is 0 Å². The first-order chi connectivity index (χ1) is 8.63. The fourth-order valence-electron chi connectivity index (χ4n) is 3.52. The smallest absolute Gasteiger partial charge is 0.0240 e. The summed E-state index contributed by atoms with van der Waals surface area (Å²) in [4.78, 5) is 2.68. The van der Waals surface area contributed by atoms with Gasteiger partial charge in [0.1, 0.15) is 0 Å². The molecule has 2 unspecified atom stereocenters. The second-order valence-electron chi connectivity index (χ2n) is 5.87. The molecule has 0 spiro atoms. The minimum Gasteiger partial charge on any atom is -0.328 e. The Hall–Kier alpha value is -0.380. The number of benzene rings is 1. The molecule has 1 aromatic carbocycles. The molecule has 18 heavy (non-hydrogen) atoms. The van der Waals surface area contributed by atoms with E-state index in [9.17, 15) is 0 Å². The van der Waals surface area contributed by atoms with Crippen LogP contribution in [0.2, 0.25) is 0 Å². The maximum Gasteiger partial charge on any atom is 0.0240 e. The molecule has 2 fully saturated rings. The van der Waals surface area contributed by atoms with Crippen molar-refractivity contribution >= 4 is 15.9 Å². The molecular formula is C15H21BrN2. The van der Waals surface area contributed by atoms with E-state index in [4.69, 9.17) is 5.73 Å². The van der Waals surface area contributed by atoms with Crippen molar-refractivity contribution in [2.75, 3.05) is 0 Å². The van der Waals surface area contributed by atoms with Gasteiger partial charge < -0.3 is 5.73 Å². The van der Waals surface area contributed by atoms with E-state index in [1.54, 1.807) is 0 Å². The molecule has 3 heteroatoms. The van der Waals surface area contributed by atoms with Crippen LogP contribution in [0.25, 0.3) is 0 Å². The zero-order valence-electron chi connectivity index (χ0n) is 10.9. The lowest BCUT2D eigenvalue weighted by Crippen LogP contribution is -2.46. The van der Waals surface area contributed by atoms with Gasteiger partial charge in [0.15, 0.2) is 0 Å². The van der Waals surface area contributed by atoms with Crippen LogP contribution in [-0.2, 0) is 6.54 Å². The summed E-state index contributed by atoms with van der Waals surface area (Å²) in [6.45, 7) is 3.22. The summed E-state index contributed by atoms with van der Waals surface area (Å²) in [5.41, 5.74) is 8.85. The van der Waals surface area contributed by atoms with Gasteiger partial charge in [0.05, 0.1) is 0 Å². The van der Waals surface area contributed by atoms with E-state index in [1.807, 2.05) is 0 Å². The zero-order valence-corrected chi connectivity index (χ0v) is 12.5. The lowest BCUT2D eigenvalue weighted by atomic mass is 9.97. The molecule has 0 saturated carbocycles. The summed E-state index contributed by atoms with van der Waals surface area (Å²) in [6, 6.07) is 8.61. The monoisotopic (exact) mass is 308 g/mol. The van der Waals surface area contributed by atoms with Crippen molar-refractivity contribution in [3.8, 4) is 0 Å². The van der Waals surface area contributed by atoms with Crippen LogP contribution in [0.4, 0.5) is 0 Å². The zero-order chi connectivity index (χ0) is 12.7. The third kappa shape index (κ3) is 2.36. The highest BCUT2D eigenvalue weighted by molar-refractivity contribution is 9.10. The van der Waals surface area contributed by atoms with Crippen LogP contribution < -0.4 is 5.73 Å². The Balaban J connectivity index is 1.75. The minimum atomic E-state index is 0.434. The number of fused-ring (bicyclic) bond motifs is 2. The van der Waals surface area contributed by atoms with Crippen LogP contribution in [0.15, 0.2) is 22.7 Å². The van der Waals surface area contributed by atoms with Gasteiger partial charge in [0.2, 0.25) is 0 Å². The molecule has 0 aliphatic carbocycles. The number of nitrogens with two attached hydrogens (primary N) is 1. The molecule has 0 aromatic heterocycles. The molecular weight excluding hydrogens is 288 g/mol. The number of halogens is 1. The van der Waals surface area contributed by atoms with Crippen molar-refractivity contribution in [1.29, 1.82) is 0 Å². The first-order valence-corrected chi connectivity index (χ1v) is 7.69. The number of nitrogens with zero attached hydrogens (tertiary/aromatic N) is 1. The maximum absolute atomic E-state index is 6.12. The van der Waals surface area contributed by atoms with Crippen molar-refractivity contribution in [3.63, 3.8) is 0 Å². The van der Waals surface area contributed by atoms with Crippen LogP contribution in [-0.4, -0.2) is 23.0 Å². The molecule has 2 aliphatic rings. The predicted molar refractivity (Wildman–Crippen MR) is 78.4 cm³/mol. The summed E-state index contributed by atoms with van der Waals surface area (Å²) >= 11 is 3.63. The fraction of sp³-hybridized carbons (Fsp3) is 0.600. The molecule has 3 rings (SSSR count). The topological polar surface area (TPSA) is 29.3 Å². The van der Waals surface area contributed by atoms with Crippen LogP contribution >= 0.6 is 15.9 Å². The molecule has 2 aliphatic heterocycles. The van der Waals surface area contributed by atoms with E-state index in [0.717, 1.165) is 18.6 Å². The van der Waals surface area contributed by atoms with Gasteiger partial charge in [-0.3, -0.25) is 4.90 Å². The molecule has 2 atom stereocenters. The lowest BCUT2D eigenvalue weighted by molar-refractivity contribution is 0.120. The van der Waals surface area contributed by atoms with Gasteiger partial charge in [-0.2, -0.15) is 0 Å². The van der Waals surface area contributed by atoms with Crippen molar-refractivity contribution in [3.05, 3.63) is 33.8 Å². The third-order valence-electron chi connectivity index (χ3n) is 4.52. The van der Waals surface area contributed by atoms with Gasteiger partial charge in [0.25, 0.3) is 0 Å². The number of aryl methyl sites for hydroxylation is 1. The SMILES string of the molecule is Cc1ccc(CN2C3CCC2CC(N)C3)cc1Br. The first-order valence-electron chi connectivity index (χ1n) is 6.90. The standard InChI is InChI=1S/C15H21BrN2/c1-10-2-3-11(6-15(10)16)9-18-13-4-5-14(18)8-12(17)7-13/h2-3,6,12-14H,4-5,7-9,17H2,1H3. The molecule has 2 N–H and O–H groups in total. The normalized spacial score (nSPS) is 31.8. The Morgan fingerprint density at radius 1 is 1.28 bits per heavy atom. The van der Waals surface area contributed by atoms with Crippen molar-refractivity contribution < 1.29 is 0 Å². The van der Waals surface area contributed by atoms with Crippen LogP contribution in [0.5, 0.6) is 0 Å². The highest BCUT2D eigenvalue weighted by Gasteiger charge is 2.39. The van der Waals surface area contributed by atoms with Gasteiger partial charge >= 0.3 is 0 Å². The van der Waals surface area contributed by atoms with Crippen LogP contribution in [0, 0.1) is 6.92 Å². The van der Waals surface area contributed by atoms with E-state index in [1.165, 1.54) is 41.3 Å². The number of piperidine rings is 1. The molecule has 0 amide bonds. The van der Waals surface area contributed by atoms with Gasteiger partial charge in [-0.25, -0.2) is 0 Å². The average molecular weight is 309 g/mol. The molecule has 2 nitrogen and oxygen atoms in total. The second kappa shape index (κ2) is 4.95. The highest BCUT2D eigenvalue weighted by atomic mass is 79.9. The Morgan fingerprint density at radius 2 is 1.94 bits per heavy atom. The van der Waals surface area contributed by atoms with E-state index in [-0.39, 0.29) is 0 Å². The molecule has 2 heterocycles. The minimum absolute atomic E-state index is 0.434. The Kier molecular flexibility index (Phi) is 3.48. The molecule has 2 bridgehead atoms. The Bertz CT molecular complexity index is 432. The van der Waals surface area contributed by atoms with Crippen molar-refractivity contribution in [1.82, 2.24) is 4.90 Å². The van der Waals surface area contributed by atoms with Crippen molar-refractivity contribution in [2.45, 2.75) is 57.3 Å². The third-order valence-corrected chi connectivity index (χ3v) is 5.38. The quantitative estimate of drug-likeness (QED) is 0.909. The molecule has 0 radical (unpaired) electrons. The van der Waals surface area contributed by atoms with E-state index < -0.39 is 0 Å². The second-order valence-corrected chi connectivity index (χ2v) is 6.73. The summed E-state index contributed by atoms with van der Waals surface area (Å²) in [6.07, 6.45) is 5.05. The maximum atomic E-state index is 6.12. The predicted octanol–water partition coefficient (Wildman–Crippen LogP) is 3.21. The van der Waals surface area contributed by atoms with E-state index in [0.29, 0.717) is 6.04 Å². The molecule has 2 saturated heterocycles. The van der Waals surface area contributed by atoms with E-state index in [2.05, 4.69) is 46.0 Å². The lowest BCUT2D eigenvalue weighted by Gasteiger charge is -2.37. The Morgan fingerprint density at radius 3 is 2.56 bits per heavy atom. The van der Waals surface area contributed by atoms with Gasteiger partial charge in [-0.1, -0.05) is 28.1 Å². The summed E-state index contributed by atoms with van der Waals surface area (Å²) in [7, 11) is 0. The fourth-order valence-corrected chi connectivity index (χ4v) is 3.95. The summed E-state index contributed by atoms with van der Waals surface area (Å²) < 4.78 is 1.22. The number of hydrogen-bond acceptors (Lipinski definition) is 2. The number of hydrogen-bond donors (Lipinski definition) is 1. The average Bonchev–Trinajstić information content (AvgIpc) is 2.58. The Labute approximate surface area is 118 Å². The van der Waals surface area contributed by atoms with Gasteiger partial charge in [-0.05, 0) is 49.8 Å².